The lowest BCUT2D eigenvalue weighted by Gasteiger charge is -2.11. The molecule has 15 heavy (non-hydrogen) atoms. The first kappa shape index (κ1) is 10.3. The molecule has 80 valence electrons. The molecule has 1 aliphatic rings. The van der Waals surface area contributed by atoms with E-state index in [0.29, 0.717) is 11.5 Å². The minimum atomic E-state index is -0.160. The second kappa shape index (κ2) is 4.13. The van der Waals surface area contributed by atoms with Gasteiger partial charge in [0.2, 0.25) is 0 Å². The Morgan fingerprint density at radius 2 is 2.00 bits per heavy atom. The molecular weight excluding hydrogens is 191 g/mol. The number of carbonyl (C=O) groups is 1. The third-order valence-electron chi connectivity index (χ3n) is 3.20. The summed E-state index contributed by atoms with van der Waals surface area (Å²) < 4.78 is 13.6. The van der Waals surface area contributed by atoms with Crippen molar-refractivity contribution in [2.75, 3.05) is 0 Å². The summed E-state index contributed by atoms with van der Waals surface area (Å²) in [6, 6.07) is 4.72. The topological polar surface area (TPSA) is 17.1 Å². The van der Waals surface area contributed by atoms with Crippen LogP contribution >= 0.6 is 0 Å². The summed E-state index contributed by atoms with van der Waals surface area (Å²) in [5.74, 6) is 0.172. The summed E-state index contributed by atoms with van der Waals surface area (Å²) in [6.45, 7) is 1.52. The van der Waals surface area contributed by atoms with E-state index < -0.39 is 0 Å². The van der Waals surface area contributed by atoms with Crippen molar-refractivity contribution >= 4 is 5.78 Å². The zero-order valence-corrected chi connectivity index (χ0v) is 8.92. The Bertz CT molecular complexity index is 378. The third-order valence-corrected chi connectivity index (χ3v) is 3.20. The van der Waals surface area contributed by atoms with Crippen LogP contribution in [0.4, 0.5) is 4.39 Å². The van der Waals surface area contributed by atoms with Gasteiger partial charge in [0.25, 0.3) is 0 Å². The summed E-state index contributed by atoms with van der Waals surface area (Å²) in [6.07, 6.45) is 4.46. The lowest BCUT2D eigenvalue weighted by Crippen LogP contribution is -2.00. The molecule has 0 radical (unpaired) electrons. The van der Waals surface area contributed by atoms with Gasteiger partial charge in [0.05, 0.1) is 0 Å². The maximum absolute atomic E-state index is 13.6. The molecule has 1 aliphatic carbocycles. The molecule has 2 rings (SSSR count). The number of halogens is 1. The highest BCUT2D eigenvalue weighted by Gasteiger charge is 2.20. The Morgan fingerprint density at radius 3 is 2.60 bits per heavy atom. The van der Waals surface area contributed by atoms with Crippen molar-refractivity contribution in [2.24, 2.45) is 0 Å². The number of Topliss-reactive ketones (excluding diaryl/α,β-unsaturated/α-hetero) is 1. The average molecular weight is 206 g/mol. The quantitative estimate of drug-likeness (QED) is 0.674. The highest BCUT2D eigenvalue weighted by molar-refractivity contribution is 5.94. The molecule has 0 spiro atoms. The molecule has 0 bridgehead atoms. The number of benzene rings is 1. The molecule has 0 heterocycles. The van der Waals surface area contributed by atoms with Crippen molar-refractivity contribution in [3.63, 3.8) is 0 Å². The summed E-state index contributed by atoms with van der Waals surface area (Å²) in [5.41, 5.74) is 1.36. The fraction of sp³-hybridized carbons (Fsp3) is 0.462. The van der Waals surface area contributed by atoms with Gasteiger partial charge in [0.1, 0.15) is 5.82 Å². The summed E-state index contributed by atoms with van der Waals surface area (Å²) in [5, 5.41) is 0. The van der Waals surface area contributed by atoms with Gasteiger partial charge in [-0.3, -0.25) is 4.79 Å². The second-order valence-electron chi connectivity index (χ2n) is 4.27. The molecule has 0 aliphatic heterocycles. The first-order valence-corrected chi connectivity index (χ1v) is 5.49. The number of rotatable bonds is 2. The maximum atomic E-state index is 13.6. The highest BCUT2D eigenvalue weighted by atomic mass is 19.1. The Morgan fingerprint density at radius 1 is 1.33 bits per heavy atom. The average Bonchev–Trinajstić information content (AvgIpc) is 2.71. The molecule has 1 fully saturated rings. The molecule has 0 N–H and O–H groups in total. The zero-order valence-electron chi connectivity index (χ0n) is 8.92. The van der Waals surface area contributed by atoms with E-state index in [1.807, 2.05) is 0 Å². The third kappa shape index (κ3) is 2.09. The summed E-state index contributed by atoms with van der Waals surface area (Å²) in [4.78, 5) is 11.2. The van der Waals surface area contributed by atoms with Crippen LogP contribution in [0.2, 0.25) is 0 Å². The fourth-order valence-corrected chi connectivity index (χ4v) is 2.31. The molecule has 1 aromatic rings. The number of hydrogen-bond donors (Lipinski definition) is 0. The smallest absolute Gasteiger partial charge is 0.159 e. The predicted molar refractivity (Wildman–Crippen MR) is 57.6 cm³/mol. The number of carbonyl (C=O) groups excluding carboxylic acids is 1. The van der Waals surface area contributed by atoms with Crippen LogP contribution in [0.15, 0.2) is 18.2 Å². The van der Waals surface area contributed by atoms with Gasteiger partial charge >= 0.3 is 0 Å². The van der Waals surface area contributed by atoms with Gasteiger partial charge in [-0.25, -0.2) is 4.39 Å². The van der Waals surface area contributed by atoms with Crippen molar-refractivity contribution in [3.05, 3.63) is 35.1 Å². The van der Waals surface area contributed by atoms with Crippen molar-refractivity contribution in [3.8, 4) is 0 Å². The van der Waals surface area contributed by atoms with E-state index in [9.17, 15) is 9.18 Å². The van der Waals surface area contributed by atoms with Gasteiger partial charge in [-0.1, -0.05) is 12.8 Å². The van der Waals surface area contributed by atoms with E-state index in [1.165, 1.54) is 25.8 Å². The lowest BCUT2D eigenvalue weighted by molar-refractivity contribution is 0.101. The molecule has 1 nitrogen and oxygen atoms in total. The molecule has 1 aromatic carbocycles. The van der Waals surface area contributed by atoms with Crippen molar-refractivity contribution < 1.29 is 9.18 Å². The van der Waals surface area contributed by atoms with Crippen LogP contribution in [-0.2, 0) is 0 Å². The summed E-state index contributed by atoms with van der Waals surface area (Å²) in [7, 11) is 0. The largest absolute Gasteiger partial charge is 0.295 e. The zero-order chi connectivity index (χ0) is 10.8. The van der Waals surface area contributed by atoms with Crippen LogP contribution in [0.3, 0.4) is 0 Å². The second-order valence-corrected chi connectivity index (χ2v) is 4.27. The minimum absolute atomic E-state index is 0.00856. The molecule has 0 aromatic heterocycles. The predicted octanol–water partition coefficient (Wildman–Crippen LogP) is 3.69. The molecule has 2 heteroatoms. The van der Waals surface area contributed by atoms with Crippen LogP contribution in [0.5, 0.6) is 0 Å². The Hall–Kier alpha value is -1.18. The Labute approximate surface area is 89.3 Å². The van der Waals surface area contributed by atoms with Gasteiger partial charge < -0.3 is 0 Å². The van der Waals surface area contributed by atoms with Gasteiger partial charge in [-0.15, -0.1) is 0 Å². The summed E-state index contributed by atoms with van der Waals surface area (Å²) >= 11 is 0. The first-order chi connectivity index (χ1) is 7.18. The van der Waals surface area contributed by atoms with Crippen LogP contribution in [0.1, 0.15) is 54.4 Å². The minimum Gasteiger partial charge on any atom is -0.295 e. The molecular formula is C13H15FO. The van der Waals surface area contributed by atoms with E-state index >= 15 is 0 Å². The first-order valence-electron chi connectivity index (χ1n) is 5.49. The van der Waals surface area contributed by atoms with Crippen molar-refractivity contribution in [2.45, 2.75) is 38.5 Å². The van der Waals surface area contributed by atoms with Crippen LogP contribution in [0.25, 0.3) is 0 Å². The van der Waals surface area contributed by atoms with E-state index in [-0.39, 0.29) is 11.6 Å². The Kier molecular flexibility index (Phi) is 2.85. The maximum Gasteiger partial charge on any atom is 0.159 e. The van der Waals surface area contributed by atoms with Crippen molar-refractivity contribution in [1.29, 1.82) is 0 Å². The van der Waals surface area contributed by atoms with Crippen LogP contribution < -0.4 is 0 Å². The molecule has 0 amide bonds. The number of hydrogen-bond acceptors (Lipinski definition) is 1. The van der Waals surface area contributed by atoms with E-state index in [4.69, 9.17) is 0 Å². The Balaban J connectivity index is 2.35. The van der Waals surface area contributed by atoms with Gasteiger partial charge in [-0.2, -0.15) is 0 Å². The van der Waals surface area contributed by atoms with E-state index in [2.05, 4.69) is 0 Å². The monoisotopic (exact) mass is 206 g/mol. The molecule has 0 unspecified atom stereocenters. The highest BCUT2D eigenvalue weighted by Crippen LogP contribution is 2.35. The SMILES string of the molecule is CC(=O)c1ccc(F)c(C2CCCC2)c1. The standard InChI is InChI=1S/C13H15FO/c1-9(15)11-6-7-13(14)12(8-11)10-4-2-3-5-10/h6-8,10H,2-5H2,1H3. The van der Waals surface area contributed by atoms with E-state index in [0.717, 1.165) is 18.4 Å². The normalized spacial score (nSPS) is 16.9. The van der Waals surface area contributed by atoms with Crippen molar-refractivity contribution in [1.82, 2.24) is 0 Å². The van der Waals surface area contributed by atoms with Gasteiger partial charge in [-0.05, 0) is 49.4 Å². The van der Waals surface area contributed by atoms with Gasteiger partial charge in [0.15, 0.2) is 5.78 Å². The van der Waals surface area contributed by atoms with Crippen LogP contribution in [-0.4, -0.2) is 5.78 Å². The fourth-order valence-electron chi connectivity index (χ4n) is 2.31. The molecule has 0 saturated heterocycles. The van der Waals surface area contributed by atoms with Gasteiger partial charge in [0, 0.05) is 5.56 Å². The number of ketones is 1. The van der Waals surface area contributed by atoms with E-state index in [1.54, 1.807) is 12.1 Å². The van der Waals surface area contributed by atoms with Crippen LogP contribution in [0, 0.1) is 5.82 Å². The lowest BCUT2D eigenvalue weighted by atomic mass is 9.94. The molecule has 0 atom stereocenters. The molecule has 1 saturated carbocycles.